The van der Waals surface area contributed by atoms with Crippen LogP contribution < -0.4 is 14.8 Å². The van der Waals surface area contributed by atoms with Crippen LogP contribution in [0.25, 0.3) is 10.9 Å². The largest absolute Gasteiger partial charge is 0.487 e. The van der Waals surface area contributed by atoms with Gasteiger partial charge in [0.05, 0.1) is 24.5 Å². The third kappa shape index (κ3) is 9.38. The van der Waals surface area contributed by atoms with Crippen molar-refractivity contribution < 1.29 is 31.9 Å². The Bertz CT molecular complexity index is 1240. The molecule has 0 saturated carbocycles. The summed E-state index contributed by atoms with van der Waals surface area (Å²) in [5.74, 6) is 4.24. The Balaban J connectivity index is 0.000000641. The van der Waals surface area contributed by atoms with Gasteiger partial charge in [-0.05, 0) is 31.2 Å². The lowest BCUT2D eigenvalue weighted by atomic mass is 10.2. The predicted octanol–water partition coefficient (Wildman–Crippen LogP) is 3.30. The molecule has 0 atom stereocenters. The number of benzene rings is 2. The third-order valence-corrected chi connectivity index (χ3v) is 5.18. The summed E-state index contributed by atoms with van der Waals surface area (Å²) in [7, 11) is -0.412. The minimum absolute atomic E-state index is 0.201. The topological polar surface area (TPSA) is 129 Å². The molecular weight excluding hydrogens is 474 g/mol. The molecule has 0 fully saturated rings. The van der Waals surface area contributed by atoms with E-state index in [1.807, 2.05) is 36.4 Å². The highest BCUT2D eigenvalue weighted by Crippen LogP contribution is 2.35. The number of rotatable bonds is 11. The molecule has 0 bridgehead atoms. The highest BCUT2D eigenvalue weighted by molar-refractivity contribution is 7.85. The molecule has 1 aromatic heterocycles. The number of aromatic nitrogens is 2. The molecule has 0 saturated heterocycles. The van der Waals surface area contributed by atoms with Gasteiger partial charge in [-0.3, -0.25) is 4.55 Å². The normalized spacial score (nSPS) is 10.7. The van der Waals surface area contributed by atoms with Crippen molar-refractivity contribution in [2.24, 2.45) is 0 Å². The lowest BCUT2D eigenvalue weighted by molar-refractivity contribution is 0.132. The number of hydrogen-bond donors (Lipinski definition) is 2. The van der Waals surface area contributed by atoms with Crippen molar-refractivity contribution in [1.29, 1.82) is 0 Å². The molecule has 0 unspecified atom stereocenters. The average molecular weight is 504 g/mol. The summed E-state index contributed by atoms with van der Waals surface area (Å²) in [6.07, 6.45) is 6.99. The Morgan fingerprint density at radius 3 is 2.20 bits per heavy atom. The van der Waals surface area contributed by atoms with Crippen molar-refractivity contribution in [2.75, 3.05) is 51.7 Å². The summed E-state index contributed by atoms with van der Waals surface area (Å²) in [5, 5.41) is 4.10. The Hall–Kier alpha value is -3.43. The number of anilines is 2. The van der Waals surface area contributed by atoms with Gasteiger partial charge in [0, 0.05) is 36.9 Å². The van der Waals surface area contributed by atoms with E-state index < -0.39 is 10.1 Å². The molecule has 3 aromatic rings. The summed E-state index contributed by atoms with van der Waals surface area (Å²) in [6, 6.07) is 11.3. The van der Waals surface area contributed by atoms with E-state index in [0.29, 0.717) is 43.7 Å². The highest BCUT2D eigenvalue weighted by Gasteiger charge is 2.13. The van der Waals surface area contributed by atoms with Gasteiger partial charge < -0.3 is 24.3 Å². The first-order valence-electron chi connectivity index (χ1n) is 10.6. The molecule has 0 aliphatic carbocycles. The molecule has 2 N–H and O–H groups in total. The minimum Gasteiger partial charge on any atom is -0.487 e. The van der Waals surface area contributed by atoms with Crippen molar-refractivity contribution >= 4 is 32.5 Å². The zero-order valence-electron chi connectivity index (χ0n) is 19.9. The van der Waals surface area contributed by atoms with Gasteiger partial charge in [0.25, 0.3) is 10.1 Å². The highest BCUT2D eigenvalue weighted by atomic mass is 32.2. The molecule has 0 aliphatic heterocycles. The maximum absolute atomic E-state index is 9.56. The number of methoxy groups -OCH3 is 2. The Morgan fingerprint density at radius 1 is 1.00 bits per heavy atom. The van der Waals surface area contributed by atoms with Crippen LogP contribution in [0.1, 0.15) is 12.5 Å². The zero-order valence-corrected chi connectivity index (χ0v) is 20.7. The number of fused-ring (bicyclic) bond motifs is 1. The molecule has 0 spiro atoms. The quantitative estimate of drug-likeness (QED) is 0.228. The van der Waals surface area contributed by atoms with E-state index in [9.17, 15) is 8.42 Å². The van der Waals surface area contributed by atoms with Crippen LogP contribution in [0.2, 0.25) is 0 Å². The van der Waals surface area contributed by atoms with Crippen LogP contribution in [-0.4, -0.2) is 69.3 Å². The Morgan fingerprint density at radius 2 is 1.63 bits per heavy atom. The molecule has 11 heteroatoms. The van der Waals surface area contributed by atoms with Gasteiger partial charge in [0.2, 0.25) is 0 Å². The molecule has 188 valence electrons. The van der Waals surface area contributed by atoms with Crippen LogP contribution in [0, 0.1) is 12.3 Å². The Labute approximate surface area is 205 Å². The first-order chi connectivity index (χ1) is 16.8. The fraction of sp³-hybridized carbons (Fsp3) is 0.333. The third-order valence-electron chi connectivity index (χ3n) is 4.45. The molecule has 0 aliphatic rings. The van der Waals surface area contributed by atoms with Gasteiger partial charge in [-0.15, -0.1) is 6.42 Å². The van der Waals surface area contributed by atoms with Gasteiger partial charge in [0.1, 0.15) is 25.4 Å². The van der Waals surface area contributed by atoms with E-state index >= 15 is 0 Å². The van der Waals surface area contributed by atoms with E-state index in [1.54, 1.807) is 14.2 Å². The minimum atomic E-state index is -3.66. The van der Waals surface area contributed by atoms with Crippen molar-refractivity contribution in [1.82, 2.24) is 9.97 Å². The fourth-order valence-corrected chi connectivity index (χ4v) is 2.68. The number of terminal acetylenes is 1. The molecule has 3 rings (SSSR count). The van der Waals surface area contributed by atoms with E-state index in [1.165, 1.54) is 13.3 Å². The van der Waals surface area contributed by atoms with E-state index in [2.05, 4.69) is 21.2 Å². The van der Waals surface area contributed by atoms with E-state index in [0.717, 1.165) is 22.2 Å². The van der Waals surface area contributed by atoms with Crippen LogP contribution in [0.15, 0.2) is 42.7 Å². The number of nitrogens with zero attached hydrogens (tertiary/aromatic N) is 2. The maximum atomic E-state index is 9.56. The van der Waals surface area contributed by atoms with Crippen LogP contribution in [0.3, 0.4) is 0 Å². The van der Waals surface area contributed by atoms with Gasteiger partial charge >= 0.3 is 0 Å². The van der Waals surface area contributed by atoms with Crippen molar-refractivity contribution in [3.63, 3.8) is 0 Å². The van der Waals surface area contributed by atoms with Crippen molar-refractivity contribution in [3.8, 4) is 23.8 Å². The van der Waals surface area contributed by atoms with Crippen molar-refractivity contribution in [3.05, 3.63) is 48.3 Å². The monoisotopic (exact) mass is 503 g/mol. The second kappa shape index (κ2) is 14.1. The number of nitrogens with one attached hydrogen (secondary N) is 1. The number of ether oxygens (including phenoxy) is 4. The van der Waals surface area contributed by atoms with Crippen LogP contribution in [0.5, 0.6) is 11.5 Å². The molecule has 10 nitrogen and oxygen atoms in total. The second-order valence-electron chi connectivity index (χ2n) is 6.94. The summed E-state index contributed by atoms with van der Waals surface area (Å²) >= 11 is 0. The standard InChI is InChI=1S/C22H23N3O4.C2H6O3S/c1-4-16-6-5-7-17(12-16)25-22-18-13-20(28-10-8-26-2)21(29-11-9-27-3)14-19(18)23-15-24-22;1-2-6(3,4)5/h1,5-7,12-15H,8-11H2,2-3H3,(H,23,24,25);2H2,1H3,(H,3,4,5). The molecule has 0 radical (unpaired) electrons. The molecule has 0 amide bonds. The molecule has 2 aromatic carbocycles. The smallest absolute Gasteiger partial charge is 0.264 e. The number of hydrogen-bond acceptors (Lipinski definition) is 9. The van der Waals surface area contributed by atoms with E-state index in [-0.39, 0.29) is 5.75 Å². The van der Waals surface area contributed by atoms with Crippen LogP contribution in [0.4, 0.5) is 11.5 Å². The summed E-state index contributed by atoms with van der Waals surface area (Å²) in [5.41, 5.74) is 2.34. The first kappa shape index (κ1) is 27.8. The van der Waals surface area contributed by atoms with Gasteiger partial charge in [-0.2, -0.15) is 8.42 Å². The van der Waals surface area contributed by atoms with Crippen LogP contribution >= 0.6 is 0 Å². The summed E-state index contributed by atoms with van der Waals surface area (Å²) < 4.78 is 48.7. The first-order valence-corrected chi connectivity index (χ1v) is 12.2. The van der Waals surface area contributed by atoms with Crippen molar-refractivity contribution in [2.45, 2.75) is 6.92 Å². The average Bonchev–Trinajstić information content (AvgIpc) is 2.85. The van der Waals surface area contributed by atoms with Gasteiger partial charge in [-0.1, -0.05) is 12.0 Å². The lowest BCUT2D eigenvalue weighted by Crippen LogP contribution is -2.09. The zero-order chi connectivity index (χ0) is 25.7. The van der Waals surface area contributed by atoms with Gasteiger partial charge in [0.15, 0.2) is 11.5 Å². The second-order valence-corrected chi connectivity index (χ2v) is 8.68. The lowest BCUT2D eigenvalue weighted by Gasteiger charge is -2.15. The molecule has 35 heavy (non-hydrogen) atoms. The summed E-state index contributed by atoms with van der Waals surface area (Å²) in [4.78, 5) is 8.75. The predicted molar refractivity (Wildman–Crippen MR) is 134 cm³/mol. The van der Waals surface area contributed by atoms with E-state index in [4.69, 9.17) is 29.9 Å². The SMILES string of the molecule is C#Cc1cccc(Nc2ncnc3cc(OCCOC)c(OCCOC)cc23)c1.CCS(=O)(=O)O. The summed E-state index contributed by atoms with van der Waals surface area (Å²) in [6.45, 7) is 3.10. The van der Waals surface area contributed by atoms with Crippen LogP contribution in [-0.2, 0) is 19.6 Å². The van der Waals surface area contributed by atoms with Gasteiger partial charge in [-0.25, -0.2) is 9.97 Å². The fourth-order valence-electron chi connectivity index (χ4n) is 2.68. The molecular formula is C24H29N3O7S. The Kier molecular flexibility index (Phi) is 11.2. The maximum Gasteiger partial charge on any atom is 0.264 e. The molecule has 1 heterocycles.